The predicted molar refractivity (Wildman–Crippen MR) is 48.2 cm³/mol. The molecule has 1 aromatic carbocycles. The van der Waals surface area contributed by atoms with Crippen LogP contribution in [0, 0.1) is 11.8 Å². The number of hydrogen-bond donors (Lipinski definition) is 0. The number of unbranched alkanes of at least 4 members (excludes halogenated alkanes) is 1. The molecule has 1 radical (unpaired) electrons. The van der Waals surface area contributed by atoms with Crippen molar-refractivity contribution < 1.29 is 4.79 Å². The van der Waals surface area contributed by atoms with Crippen molar-refractivity contribution in [1.29, 1.82) is 0 Å². The first-order valence-electron chi connectivity index (χ1n) is 3.82. The predicted octanol–water partition coefficient (Wildman–Crippen LogP) is 1.93. The third kappa shape index (κ3) is 3.03. The number of carbonyl (C=O) groups excluding carboxylic acids is 1. The van der Waals surface area contributed by atoms with Crippen molar-refractivity contribution in [3.8, 4) is 11.8 Å². The van der Waals surface area contributed by atoms with Gasteiger partial charge in [0, 0.05) is 18.4 Å². The highest BCUT2D eigenvalue weighted by molar-refractivity contribution is 5.51. The molecule has 0 saturated heterocycles. The molecule has 0 N–H and O–H groups in total. The maximum absolute atomic E-state index is 9.82. The van der Waals surface area contributed by atoms with E-state index in [4.69, 9.17) is 0 Å². The molecule has 0 aliphatic rings. The Labute approximate surface area is 72.4 Å². The van der Waals surface area contributed by atoms with E-state index in [1.54, 1.807) is 6.29 Å². The maximum atomic E-state index is 9.82. The van der Waals surface area contributed by atoms with E-state index >= 15 is 0 Å². The molecule has 0 saturated carbocycles. The van der Waals surface area contributed by atoms with Gasteiger partial charge in [-0.2, -0.15) is 0 Å². The zero-order chi connectivity index (χ0) is 8.65. The summed E-state index contributed by atoms with van der Waals surface area (Å²) in [5, 5.41) is 0. The van der Waals surface area contributed by atoms with Crippen molar-refractivity contribution in [2.45, 2.75) is 12.8 Å². The fourth-order valence-corrected chi connectivity index (χ4v) is 0.800. The molecule has 0 aliphatic heterocycles. The van der Waals surface area contributed by atoms with Gasteiger partial charge in [-0.3, -0.25) is 4.79 Å². The lowest BCUT2D eigenvalue weighted by molar-refractivity contribution is 0.552. The smallest absolute Gasteiger partial charge is 0.199 e. The van der Waals surface area contributed by atoms with Gasteiger partial charge in [0.15, 0.2) is 6.29 Å². The van der Waals surface area contributed by atoms with Crippen molar-refractivity contribution in [1.82, 2.24) is 0 Å². The molecule has 1 rings (SSSR count). The fourth-order valence-electron chi connectivity index (χ4n) is 0.800. The molecule has 1 heteroatoms. The van der Waals surface area contributed by atoms with Gasteiger partial charge in [-0.15, -0.1) is 0 Å². The first-order valence-corrected chi connectivity index (χ1v) is 3.82. The van der Waals surface area contributed by atoms with Crippen LogP contribution >= 0.6 is 0 Å². The lowest BCUT2D eigenvalue weighted by Crippen LogP contribution is -1.73. The van der Waals surface area contributed by atoms with Crippen molar-refractivity contribution in [2.75, 3.05) is 0 Å². The van der Waals surface area contributed by atoms with Gasteiger partial charge < -0.3 is 0 Å². The third-order valence-corrected chi connectivity index (χ3v) is 1.36. The average molecular weight is 157 g/mol. The Morgan fingerprint density at radius 3 is 2.50 bits per heavy atom. The van der Waals surface area contributed by atoms with Gasteiger partial charge in [0.1, 0.15) is 0 Å². The lowest BCUT2D eigenvalue weighted by Gasteiger charge is -1.85. The van der Waals surface area contributed by atoms with Crippen molar-refractivity contribution in [2.24, 2.45) is 0 Å². The number of benzene rings is 1. The zero-order valence-electron chi connectivity index (χ0n) is 6.71. The molecule has 0 aliphatic carbocycles. The zero-order valence-corrected chi connectivity index (χ0v) is 6.71. The van der Waals surface area contributed by atoms with Crippen LogP contribution in [0.5, 0.6) is 0 Å². The lowest BCUT2D eigenvalue weighted by atomic mass is 10.2. The summed E-state index contributed by atoms with van der Waals surface area (Å²) in [7, 11) is 0. The van der Waals surface area contributed by atoms with Crippen LogP contribution in [-0.4, -0.2) is 6.29 Å². The molecular formula is C11H9O. The second-order valence-electron chi connectivity index (χ2n) is 2.31. The van der Waals surface area contributed by atoms with Crippen LogP contribution in [0.15, 0.2) is 30.3 Å². The Morgan fingerprint density at radius 2 is 1.83 bits per heavy atom. The molecule has 0 aromatic heterocycles. The maximum Gasteiger partial charge on any atom is 0.199 e. The van der Waals surface area contributed by atoms with E-state index in [-0.39, 0.29) is 0 Å². The van der Waals surface area contributed by atoms with Crippen LogP contribution in [0.1, 0.15) is 18.4 Å². The molecule has 0 unspecified atom stereocenters. The van der Waals surface area contributed by atoms with Gasteiger partial charge in [0.2, 0.25) is 0 Å². The summed E-state index contributed by atoms with van der Waals surface area (Å²) in [6.45, 7) is 0. The van der Waals surface area contributed by atoms with Gasteiger partial charge in [0.05, 0.1) is 0 Å². The van der Waals surface area contributed by atoms with Crippen LogP contribution < -0.4 is 0 Å². The van der Waals surface area contributed by atoms with Gasteiger partial charge >= 0.3 is 0 Å². The summed E-state index contributed by atoms with van der Waals surface area (Å²) in [6, 6.07) is 9.71. The molecular weight excluding hydrogens is 148 g/mol. The molecule has 12 heavy (non-hydrogen) atoms. The van der Waals surface area contributed by atoms with Gasteiger partial charge in [-0.25, -0.2) is 0 Å². The Morgan fingerprint density at radius 1 is 1.08 bits per heavy atom. The van der Waals surface area contributed by atoms with Crippen molar-refractivity contribution in [3.63, 3.8) is 0 Å². The molecule has 0 spiro atoms. The van der Waals surface area contributed by atoms with Crippen LogP contribution in [-0.2, 0) is 4.79 Å². The van der Waals surface area contributed by atoms with Gasteiger partial charge in [-0.05, 0) is 12.1 Å². The molecule has 1 nitrogen and oxygen atoms in total. The summed E-state index contributed by atoms with van der Waals surface area (Å²) < 4.78 is 0. The highest BCUT2D eigenvalue weighted by Gasteiger charge is 1.81. The third-order valence-electron chi connectivity index (χ3n) is 1.36. The fraction of sp³-hybridized carbons (Fsp3) is 0.182. The van der Waals surface area contributed by atoms with E-state index in [0.717, 1.165) is 5.56 Å². The van der Waals surface area contributed by atoms with Crippen molar-refractivity contribution in [3.05, 3.63) is 35.9 Å². The highest BCUT2D eigenvalue weighted by atomic mass is 16.1. The molecule has 1 aromatic rings. The topological polar surface area (TPSA) is 17.1 Å². The molecule has 59 valence electrons. The van der Waals surface area contributed by atoms with Gasteiger partial charge in [-0.1, -0.05) is 30.0 Å². The minimum Gasteiger partial charge on any atom is -0.291 e. The summed E-state index contributed by atoms with van der Waals surface area (Å²) >= 11 is 0. The number of hydrogen-bond acceptors (Lipinski definition) is 1. The minimum absolute atomic E-state index is 0.403. The number of rotatable bonds is 2. The van der Waals surface area contributed by atoms with Crippen LogP contribution in [0.4, 0.5) is 0 Å². The van der Waals surface area contributed by atoms with E-state index in [1.807, 2.05) is 30.3 Å². The first-order chi connectivity index (χ1) is 5.93. The minimum atomic E-state index is 0.403. The quantitative estimate of drug-likeness (QED) is 0.473. The summed E-state index contributed by atoms with van der Waals surface area (Å²) in [6.07, 6.45) is 2.80. The second kappa shape index (κ2) is 5.15. The van der Waals surface area contributed by atoms with Crippen LogP contribution in [0.25, 0.3) is 0 Å². The molecule has 0 heterocycles. The normalized spacial score (nSPS) is 8.33. The Balaban J connectivity index is 2.49. The van der Waals surface area contributed by atoms with E-state index in [0.29, 0.717) is 12.8 Å². The molecule has 0 fully saturated rings. The summed E-state index contributed by atoms with van der Waals surface area (Å²) in [5.74, 6) is 5.84. The van der Waals surface area contributed by atoms with E-state index in [9.17, 15) is 4.79 Å². The monoisotopic (exact) mass is 157 g/mol. The van der Waals surface area contributed by atoms with E-state index < -0.39 is 0 Å². The largest absolute Gasteiger partial charge is 0.291 e. The Kier molecular flexibility index (Phi) is 3.67. The first kappa shape index (κ1) is 8.55. The van der Waals surface area contributed by atoms with E-state index in [2.05, 4.69) is 11.8 Å². The molecule has 0 amide bonds. The molecule has 0 atom stereocenters. The Bertz CT molecular complexity index is 290. The SMILES string of the molecule is O=[C]CCC#Cc1ccccc1. The standard InChI is InChI=1S/C11H9O/c12-10-6-2-5-9-11-7-3-1-4-8-11/h1,3-4,7-8H,2,6H2. The van der Waals surface area contributed by atoms with Gasteiger partial charge in [0.25, 0.3) is 0 Å². The summed E-state index contributed by atoms with van der Waals surface area (Å²) in [5.41, 5.74) is 0.989. The van der Waals surface area contributed by atoms with Crippen molar-refractivity contribution >= 4 is 6.29 Å². The second-order valence-corrected chi connectivity index (χ2v) is 2.31. The average Bonchev–Trinajstić information content (AvgIpc) is 2.14. The highest BCUT2D eigenvalue weighted by Crippen LogP contribution is 1.95. The molecule has 0 bridgehead atoms. The summed E-state index contributed by atoms with van der Waals surface area (Å²) in [4.78, 5) is 9.82. The van der Waals surface area contributed by atoms with Crippen LogP contribution in [0.2, 0.25) is 0 Å². The Hall–Kier alpha value is -1.55. The van der Waals surface area contributed by atoms with Crippen LogP contribution in [0.3, 0.4) is 0 Å². The van der Waals surface area contributed by atoms with E-state index in [1.165, 1.54) is 0 Å².